The van der Waals surface area contributed by atoms with Crippen molar-refractivity contribution in [1.82, 2.24) is 15.0 Å². The predicted octanol–water partition coefficient (Wildman–Crippen LogP) is 29.3. The summed E-state index contributed by atoms with van der Waals surface area (Å²) in [5.74, 6) is 4.47. The molecule has 732 valence electrons. The van der Waals surface area contributed by atoms with Gasteiger partial charge < -0.3 is 62.5 Å². The Hall–Kier alpha value is -10.6. The van der Waals surface area contributed by atoms with Crippen molar-refractivity contribution in [3.05, 3.63) is 322 Å². The molecule has 3 aromatic heterocycles. The molecule has 0 saturated carbocycles. The van der Waals surface area contributed by atoms with Crippen LogP contribution >= 0.6 is 71.0 Å². The lowest BCUT2D eigenvalue weighted by atomic mass is 9.49. The summed E-state index contributed by atoms with van der Waals surface area (Å²) in [6, 6.07) is 62.9. The summed E-state index contributed by atoms with van der Waals surface area (Å²) in [6.07, 6.45) is 20.1. The minimum atomic E-state index is -0.480. The molecule has 0 aliphatic carbocycles. The number of methoxy groups -OCH3 is 1. The fourth-order valence-electron chi connectivity index (χ4n) is 13.0. The molecule has 0 spiro atoms. The number of phenols is 1. The number of aryl methyl sites for hydroxylation is 3. The predicted molar refractivity (Wildman–Crippen MR) is 575 cm³/mol. The lowest BCUT2D eigenvalue weighted by Gasteiger charge is -2.32. The lowest BCUT2D eigenvalue weighted by molar-refractivity contribution is 0.00578. The number of phenolic OH excluding ortho intramolecular Hbond substituents is 1. The Balaban J connectivity index is 0.000000244. The Bertz CT molecular complexity index is 5820. The van der Waals surface area contributed by atoms with E-state index in [2.05, 4.69) is 155 Å². The smallest absolute Gasteiger partial charge is 0.495 e. The third-order valence-electron chi connectivity index (χ3n) is 23.2. The van der Waals surface area contributed by atoms with Crippen molar-refractivity contribution < 1.29 is 56.7 Å². The van der Waals surface area contributed by atoms with Gasteiger partial charge in [0.1, 0.15) is 41.1 Å². The van der Waals surface area contributed by atoms with Crippen LogP contribution in [0.15, 0.2) is 239 Å². The number of pyridine rings is 3. The highest BCUT2D eigenvalue weighted by atomic mass is 79.9. The summed E-state index contributed by atoms with van der Waals surface area (Å²) in [5, 5.41) is 28.2. The number of rotatable bonds is 25. The summed E-state index contributed by atoms with van der Waals surface area (Å²) < 4.78 is 66.4. The van der Waals surface area contributed by atoms with Gasteiger partial charge in [0.05, 0.1) is 104 Å². The van der Waals surface area contributed by atoms with Crippen LogP contribution in [0.5, 0.6) is 34.5 Å². The number of hydrogen-bond donors (Lipinski definition) is 2. The SMILES string of the molecule is CC1(C)OB(B2OC(C)(C)C(C)(C)O2)OC1(C)C.CCCCOc1cc(-c2ccncc2CC)cc(C(C)(C)N)c1.CCCCOc1cc(C#N)cc(-c2ccncc2CC)c1.CCCCOc1cc(C#N)cc(B2OC(C)(C)C(C)(C)O2)c1.CCc1cnccc1Cl.ClCc1ccccc1.[C-]#[N+]c1cc(Br)cc(OC)c1.[C-]#[N+]c1cc(Br)cc(OCc2ccccc2)c1.[C-]#[N+]c1cc(O)cc(Br)c1. The molecule has 0 radical (unpaired) electrons. The summed E-state index contributed by atoms with van der Waals surface area (Å²) in [5.41, 5.74) is 18.6. The molecule has 29 heteroatoms. The second kappa shape index (κ2) is 57.3. The number of alkyl halides is 1. The second-order valence-electron chi connectivity index (χ2n) is 36.2. The molecular weight excluding hydrogens is 1980 g/mol. The van der Waals surface area contributed by atoms with E-state index < -0.39 is 37.9 Å². The molecule has 11 aromatic rings. The molecule has 3 aliphatic heterocycles. The van der Waals surface area contributed by atoms with Gasteiger partial charge in [-0.05, 0) is 324 Å². The quantitative estimate of drug-likeness (QED) is 0.0234. The first-order chi connectivity index (χ1) is 65.9. The topological polar surface area (TPSA) is 247 Å². The van der Waals surface area contributed by atoms with Crippen molar-refractivity contribution >= 4 is 115 Å². The third-order valence-corrected chi connectivity index (χ3v) is 25.2. The zero-order chi connectivity index (χ0) is 103. The monoisotopic (exact) mass is 2110 g/mol. The van der Waals surface area contributed by atoms with Gasteiger partial charge in [0.2, 0.25) is 0 Å². The van der Waals surface area contributed by atoms with Crippen LogP contribution in [0.1, 0.15) is 222 Å². The fourth-order valence-corrected chi connectivity index (χ4v) is 14.8. The molecule has 3 N–H and O–H groups in total. The number of unbranched alkanes of at least 4 members (excludes halogenated alkanes) is 3. The van der Waals surface area contributed by atoms with Crippen LogP contribution in [-0.4, -0.2) is 102 Å². The first kappa shape index (κ1) is 117. The zero-order valence-electron chi connectivity index (χ0n) is 84.0. The summed E-state index contributed by atoms with van der Waals surface area (Å²) >= 11 is 21.1. The summed E-state index contributed by atoms with van der Waals surface area (Å²) in [6.45, 7) is 64.0. The minimum Gasteiger partial charge on any atom is -0.509 e. The van der Waals surface area contributed by atoms with Crippen LogP contribution in [0.3, 0.4) is 0 Å². The number of benzene rings is 8. The highest BCUT2D eigenvalue weighted by molar-refractivity contribution is 9.11. The van der Waals surface area contributed by atoms with Gasteiger partial charge in [0, 0.05) is 67.0 Å². The average Bonchev–Trinajstić information content (AvgIpc) is 1.58. The van der Waals surface area contributed by atoms with E-state index in [1.807, 2.05) is 213 Å². The zero-order valence-corrected chi connectivity index (χ0v) is 90.2. The van der Waals surface area contributed by atoms with Gasteiger partial charge in [-0.1, -0.05) is 181 Å². The van der Waals surface area contributed by atoms with E-state index in [0.717, 1.165) is 133 Å². The molecule has 21 nitrogen and oxygen atoms in total. The molecule has 0 unspecified atom stereocenters. The molecule has 14 rings (SSSR count). The van der Waals surface area contributed by atoms with E-state index in [1.54, 1.807) is 80.3 Å². The number of aromatic nitrogens is 3. The number of nitriles is 2. The van der Waals surface area contributed by atoms with Crippen molar-refractivity contribution in [2.45, 2.75) is 248 Å². The average molecular weight is 2110 g/mol. The standard InChI is InChI=1S/C20H28N2O.C18H20N2O.C17H24BNO3.C14H10BrNO.C12H24B2O4.C8H6BrNO.C7H4BrNO.C7H8ClN.C7H7Cl/c1-5-7-10-23-18-12-16(11-17(13-18)20(3,4)21)19-8-9-22-14-15(19)6-2;1-3-5-8-21-17-10-14(12-19)9-16(11-17)18-6-7-20-13-15(18)4-2;1-6-7-8-20-15-10-13(12-19)9-14(11-15)18-21-16(2,3)17(4,5)22-18;1-16-13-7-12(15)8-14(9-13)17-10-11-5-3-2-4-6-11;1-9(2)10(3,4)16-13(15-9)14-17-11(5,6)12(7,8)18-14;1-10-7-3-6(9)4-8(5-7)11-2;1-9-6-2-5(8)3-7(10)4-6;1-2-6-5-9-4-3-7(6)8;8-6-7-4-2-1-3-5-7/h8-9,11-14H,5-7,10,21H2,1-4H3;6-7,9-11,13H,3-5,8H2,1-2H3;9-11H,6-8H2,1-5H3;2-9H,10H2;1-8H3;3-5H,2H3;2-4,10H;3-5H,2H2,1H3;1-5H,6H2. The van der Waals surface area contributed by atoms with Crippen molar-refractivity contribution in [3.63, 3.8) is 0 Å². The highest BCUT2D eigenvalue weighted by Gasteiger charge is 2.64. The highest BCUT2D eigenvalue weighted by Crippen LogP contribution is 2.44. The number of nitrogens with two attached hydrogens (primary N) is 1. The van der Waals surface area contributed by atoms with Gasteiger partial charge in [-0.3, -0.25) is 15.0 Å². The van der Waals surface area contributed by atoms with Gasteiger partial charge in [-0.25, -0.2) is 14.5 Å². The van der Waals surface area contributed by atoms with Crippen LogP contribution in [-0.2, 0) is 65.2 Å². The van der Waals surface area contributed by atoms with Crippen molar-refractivity contribution in [1.29, 1.82) is 10.5 Å². The number of hydrogen-bond acceptors (Lipinski definition) is 18. The number of ether oxygens (including phenoxy) is 5. The van der Waals surface area contributed by atoms with E-state index in [0.29, 0.717) is 71.1 Å². The second-order valence-corrected chi connectivity index (χ2v) is 39.6. The van der Waals surface area contributed by atoms with Gasteiger partial charge in [-0.15, -0.1) is 11.6 Å². The first-order valence-electron chi connectivity index (χ1n) is 46.4. The third kappa shape index (κ3) is 38.1. The Morgan fingerprint density at radius 3 is 1.21 bits per heavy atom. The molecule has 3 fully saturated rings. The van der Waals surface area contributed by atoms with E-state index in [4.69, 9.17) is 105 Å². The molecule has 3 aliphatic rings. The normalized spacial score (nSPS) is 14.2. The maximum atomic E-state index is 9.22. The largest absolute Gasteiger partial charge is 0.509 e. The van der Waals surface area contributed by atoms with Gasteiger partial charge in [-0.2, -0.15) is 10.5 Å². The van der Waals surface area contributed by atoms with Crippen LogP contribution in [0.4, 0.5) is 17.1 Å². The van der Waals surface area contributed by atoms with E-state index in [9.17, 15) is 10.5 Å². The molecule has 6 heterocycles. The van der Waals surface area contributed by atoms with E-state index in [-0.39, 0.29) is 28.2 Å². The van der Waals surface area contributed by atoms with Crippen LogP contribution in [0, 0.1) is 42.4 Å². The maximum absolute atomic E-state index is 9.22. The first-order valence-corrected chi connectivity index (χ1v) is 49.7. The van der Waals surface area contributed by atoms with Crippen molar-refractivity contribution in [3.8, 4) is 68.9 Å². The molecule has 0 amide bonds. The molecule has 8 aromatic carbocycles. The van der Waals surface area contributed by atoms with E-state index in [1.165, 1.54) is 34.4 Å². The van der Waals surface area contributed by atoms with Crippen molar-refractivity contribution in [2.75, 3.05) is 26.9 Å². The molecule has 3 saturated heterocycles. The maximum Gasteiger partial charge on any atom is 0.495 e. The molecule has 0 atom stereocenters. The number of aromatic hydroxyl groups is 1. The summed E-state index contributed by atoms with van der Waals surface area (Å²) in [7, 11) is 0.147. The Labute approximate surface area is 862 Å². The van der Waals surface area contributed by atoms with E-state index >= 15 is 0 Å². The Kier molecular flexibility index (Phi) is 48.3. The van der Waals surface area contributed by atoms with Gasteiger partial charge in [0.25, 0.3) is 0 Å². The summed E-state index contributed by atoms with van der Waals surface area (Å²) in [4.78, 5) is 22.2. The number of halogens is 5. The Morgan fingerprint density at radius 2 is 0.820 bits per heavy atom. The Morgan fingerprint density at radius 1 is 0.446 bits per heavy atom. The molecule has 0 bridgehead atoms. The lowest BCUT2D eigenvalue weighted by Crippen LogP contribution is -2.41. The van der Waals surface area contributed by atoms with Gasteiger partial charge in [0.15, 0.2) is 17.1 Å². The minimum absolute atomic E-state index is 0.111. The number of nitrogens with zero attached hydrogens (tertiary/aromatic N) is 8. The van der Waals surface area contributed by atoms with Crippen LogP contribution in [0.2, 0.25) is 5.02 Å². The molecule has 139 heavy (non-hydrogen) atoms. The molecular formula is C110H131B3Br3Cl2N9O12. The van der Waals surface area contributed by atoms with Crippen LogP contribution in [0.25, 0.3) is 36.8 Å². The van der Waals surface area contributed by atoms with Crippen LogP contribution < -0.4 is 34.9 Å². The fraction of sp³-hybridized carbons (Fsp3) is 0.382. The van der Waals surface area contributed by atoms with Crippen molar-refractivity contribution in [2.24, 2.45) is 5.73 Å². The van der Waals surface area contributed by atoms with Gasteiger partial charge >= 0.3 is 21.1 Å².